The van der Waals surface area contributed by atoms with Crippen LogP contribution in [0.15, 0.2) is 42.5 Å². The molecule has 1 N–H and O–H groups in total. The van der Waals surface area contributed by atoms with Crippen molar-refractivity contribution in [3.63, 3.8) is 0 Å². The third-order valence-corrected chi connectivity index (χ3v) is 3.65. The normalized spacial score (nSPS) is 18.0. The van der Waals surface area contributed by atoms with Crippen molar-refractivity contribution < 1.29 is 4.39 Å². The van der Waals surface area contributed by atoms with E-state index in [0.717, 1.165) is 23.7 Å². The first kappa shape index (κ1) is 11.5. The maximum absolute atomic E-state index is 12.9. The standard InChI is InChI=1S/C15H13ClFN/c16-13-4-1-11-7-12(9-18-15(11)8-13)10-2-5-14(17)6-3-10/h1-6,8,12,18H,7,9H2. The van der Waals surface area contributed by atoms with Crippen LogP contribution in [0.2, 0.25) is 5.02 Å². The summed E-state index contributed by atoms with van der Waals surface area (Å²) in [6.45, 7) is 0.860. The molecule has 0 aliphatic carbocycles. The molecule has 0 amide bonds. The lowest BCUT2D eigenvalue weighted by Gasteiger charge is -2.26. The van der Waals surface area contributed by atoms with Crippen LogP contribution in [0.1, 0.15) is 17.0 Å². The Kier molecular flexibility index (Phi) is 2.96. The van der Waals surface area contributed by atoms with E-state index in [1.165, 1.54) is 23.3 Å². The van der Waals surface area contributed by atoms with Gasteiger partial charge in [0.25, 0.3) is 0 Å². The monoisotopic (exact) mass is 261 g/mol. The second-order valence-electron chi connectivity index (χ2n) is 4.63. The van der Waals surface area contributed by atoms with Gasteiger partial charge in [-0.25, -0.2) is 4.39 Å². The van der Waals surface area contributed by atoms with Crippen molar-refractivity contribution in [2.75, 3.05) is 11.9 Å². The summed E-state index contributed by atoms with van der Waals surface area (Å²) < 4.78 is 12.9. The minimum atomic E-state index is -0.185. The minimum absolute atomic E-state index is 0.185. The highest BCUT2D eigenvalue weighted by molar-refractivity contribution is 6.30. The number of benzene rings is 2. The van der Waals surface area contributed by atoms with Gasteiger partial charge in [0, 0.05) is 23.2 Å². The highest BCUT2D eigenvalue weighted by Gasteiger charge is 2.19. The summed E-state index contributed by atoms with van der Waals surface area (Å²) in [7, 11) is 0. The van der Waals surface area contributed by atoms with Crippen molar-refractivity contribution in [1.82, 2.24) is 0 Å². The Morgan fingerprint density at radius 3 is 2.67 bits per heavy atom. The molecule has 3 rings (SSSR count). The number of anilines is 1. The zero-order chi connectivity index (χ0) is 12.5. The largest absolute Gasteiger partial charge is 0.384 e. The molecule has 1 aliphatic heterocycles. The number of nitrogens with one attached hydrogen (secondary N) is 1. The van der Waals surface area contributed by atoms with Gasteiger partial charge in [-0.15, -0.1) is 0 Å². The lowest BCUT2D eigenvalue weighted by molar-refractivity contribution is 0.623. The summed E-state index contributed by atoms with van der Waals surface area (Å²) in [5.74, 6) is 0.203. The van der Waals surface area contributed by atoms with Gasteiger partial charge in [-0.3, -0.25) is 0 Å². The van der Waals surface area contributed by atoms with Crippen molar-refractivity contribution in [2.24, 2.45) is 0 Å². The Balaban J connectivity index is 1.86. The average Bonchev–Trinajstić information content (AvgIpc) is 2.39. The van der Waals surface area contributed by atoms with Crippen LogP contribution >= 0.6 is 11.6 Å². The number of rotatable bonds is 1. The molecule has 1 heterocycles. The maximum atomic E-state index is 12.9. The van der Waals surface area contributed by atoms with E-state index >= 15 is 0 Å². The molecule has 0 saturated heterocycles. The predicted molar refractivity (Wildman–Crippen MR) is 72.8 cm³/mol. The molecule has 0 fully saturated rings. The highest BCUT2D eigenvalue weighted by Crippen LogP contribution is 2.32. The first-order valence-electron chi connectivity index (χ1n) is 6.00. The average molecular weight is 262 g/mol. The number of fused-ring (bicyclic) bond motifs is 1. The number of halogens is 2. The number of hydrogen-bond acceptors (Lipinski definition) is 1. The topological polar surface area (TPSA) is 12.0 Å². The molecule has 0 bridgehead atoms. The first-order valence-corrected chi connectivity index (χ1v) is 6.38. The fourth-order valence-corrected chi connectivity index (χ4v) is 2.60. The van der Waals surface area contributed by atoms with Gasteiger partial charge in [-0.2, -0.15) is 0 Å². The Labute approximate surface area is 111 Å². The van der Waals surface area contributed by atoms with Crippen molar-refractivity contribution in [3.05, 3.63) is 64.4 Å². The Morgan fingerprint density at radius 2 is 1.89 bits per heavy atom. The fraction of sp³-hybridized carbons (Fsp3) is 0.200. The van der Waals surface area contributed by atoms with Gasteiger partial charge in [0.1, 0.15) is 5.82 Å². The van der Waals surface area contributed by atoms with Gasteiger partial charge in [-0.05, 0) is 41.8 Å². The summed E-state index contributed by atoms with van der Waals surface area (Å²) in [4.78, 5) is 0. The van der Waals surface area contributed by atoms with E-state index in [1.807, 2.05) is 24.3 Å². The molecule has 1 unspecified atom stereocenters. The minimum Gasteiger partial charge on any atom is -0.384 e. The summed E-state index contributed by atoms with van der Waals surface area (Å²) >= 11 is 5.97. The Bertz CT molecular complexity index is 565. The van der Waals surface area contributed by atoms with Crippen LogP contribution < -0.4 is 5.32 Å². The smallest absolute Gasteiger partial charge is 0.123 e. The van der Waals surface area contributed by atoms with Gasteiger partial charge in [0.15, 0.2) is 0 Å². The molecule has 18 heavy (non-hydrogen) atoms. The summed E-state index contributed by atoms with van der Waals surface area (Å²) in [5.41, 5.74) is 3.55. The van der Waals surface area contributed by atoms with E-state index in [4.69, 9.17) is 11.6 Å². The molecule has 92 valence electrons. The predicted octanol–water partition coefficient (Wildman–Crippen LogP) is 4.23. The zero-order valence-corrected chi connectivity index (χ0v) is 10.5. The Hall–Kier alpha value is -1.54. The van der Waals surface area contributed by atoms with Gasteiger partial charge in [0.05, 0.1) is 0 Å². The van der Waals surface area contributed by atoms with Gasteiger partial charge >= 0.3 is 0 Å². The molecule has 0 aromatic heterocycles. The third-order valence-electron chi connectivity index (χ3n) is 3.42. The lowest BCUT2D eigenvalue weighted by atomic mass is 9.88. The maximum Gasteiger partial charge on any atom is 0.123 e. The van der Waals surface area contributed by atoms with Gasteiger partial charge in [-0.1, -0.05) is 29.8 Å². The van der Waals surface area contributed by atoms with Crippen LogP contribution in [-0.2, 0) is 6.42 Å². The zero-order valence-electron chi connectivity index (χ0n) is 9.79. The molecular weight excluding hydrogens is 249 g/mol. The van der Waals surface area contributed by atoms with Gasteiger partial charge < -0.3 is 5.32 Å². The van der Waals surface area contributed by atoms with Crippen molar-refractivity contribution in [3.8, 4) is 0 Å². The fourth-order valence-electron chi connectivity index (χ4n) is 2.43. The molecule has 3 heteroatoms. The molecule has 1 nitrogen and oxygen atoms in total. The van der Waals surface area contributed by atoms with Crippen molar-refractivity contribution >= 4 is 17.3 Å². The Morgan fingerprint density at radius 1 is 1.11 bits per heavy atom. The number of hydrogen-bond donors (Lipinski definition) is 1. The van der Waals surface area contributed by atoms with Crippen LogP contribution in [0.5, 0.6) is 0 Å². The molecule has 0 saturated carbocycles. The SMILES string of the molecule is Fc1ccc(C2CNc3cc(Cl)ccc3C2)cc1. The van der Waals surface area contributed by atoms with Crippen LogP contribution in [0.3, 0.4) is 0 Å². The molecule has 1 aliphatic rings. The molecule has 2 aromatic rings. The first-order chi connectivity index (χ1) is 8.72. The van der Waals surface area contributed by atoms with E-state index in [2.05, 4.69) is 11.4 Å². The molecule has 0 spiro atoms. The molecule has 1 atom stereocenters. The van der Waals surface area contributed by atoms with E-state index in [1.54, 1.807) is 0 Å². The van der Waals surface area contributed by atoms with Crippen molar-refractivity contribution in [1.29, 1.82) is 0 Å². The molecular formula is C15H13ClFN. The highest BCUT2D eigenvalue weighted by atomic mass is 35.5. The molecule has 0 radical (unpaired) electrons. The van der Waals surface area contributed by atoms with Crippen LogP contribution in [0.4, 0.5) is 10.1 Å². The second-order valence-corrected chi connectivity index (χ2v) is 5.07. The van der Waals surface area contributed by atoms with Gasteiger partial charge in [0.2, 0.25) is 0 Å². The van der Waals surface area contributed by atoms with Crippen LogP contribution in [0.25, 0.3) is 0 Å². The summed E-state index contributed by atoms with van der Waals surface area (Å²) in [6, 6.07) is 12.7. The van der Waals surface area contributed by atoms with Crippen LogP contribution in [-0.4, -0.2) is 6.54 Å². The lowest BCUT2D eigenvalue weighted by Crippen LogP contribution is -2.21. The van der Waals surface area contributed by atoms with E-state index in [0.29, 0.717) is 5.92 Å². The summed E-state index contributed by atoms with van der Waals surface area (Å²) in [6.07, 6.45) is 0.963. The van der Waals surface area contributed by atoms with E-state index in [9.17, 15) is 4.39 Å². The second kappa shape index (κ2) is 4.62. The van der Waals surface area contributed by atoms with E-state index < -0.39 is 0 Å². The van der Waals surface area contributed by atoms with Crippen molar-refractivity contribution in [2.45, 2.75) is 12.3 Å². The summed E-state index contributed by atoms with van der Waals surface area (Å²) in [5, 5.41) is 4.14. The quantitative estimate of drug-likeness (QED) is 0.810. The molecule has 2 aromatic carbocycles. The van der Waals surface area contributed by atoms with Crippen LogP contribution in [0, 0.1) is 5.82 Å². The third kappa shape index (κ3) is 2.21. The van der Waals surface area contributed by atoms with E-state index in [-0.39, 0.29) is 5.82 Å².